The fourth-order valence-electron chi connectivity index (χ4n) is 3.69. The van der Waals surface area contributed by atoms with Gasteiger partial charge in [-0.3, -0.25) is 9.79 Å². The highest BCUT2D eigenvalue weighted by atomic mass is 16.5. The first kappa shape index (κ1) is 38.2. The summed E-state index contributed by atoms with van der Waals surface area (Å²) in [4.78, 5) is 21.3. The lowest BCUT2D eigenvalue weighted by Crippen LogP contribution is -2.35. The number of nitrogens with one attached hydrogen (secondary N) is 4. The topological polar surface area (TPSA) is 156 Å². The predicted molar refractivity (Wildman–Crippen MR) is 181 cm³/mol. The van der Waals surface area contributed by atoms with E-state index in [1.165, 1.54) is 0 Å². The second-order valence-corrected chi connectivity index (χ2v) is 9.71. The van der Waals surface area contributed by atoms with Crippen LogP contribution in [0.3, 0.4) is 0 Å². The second-order valence-electron chi connectivity index (χ2n) is 9.71. The third-order valence-electron chi connectivity index (χ3n) is 5.94. The predicted octanol–water partition coefficient (Wildman–Crippen LogP) is 3.15. The molecule has 2 rings (SSSR count). The highest BCUT2D eigenvalue weighted by molar-refractivity contribution is 6.05. The monoisotopic (exact) mass is 642 g/mol. The van der Waals surface area contributed by atoms with Crippen LogP contribution in [0.25, 0.3) is 0 Å². The quantitative estimate of drug-likeness (QED) is 0.0528. The van der Waals surface area contributed by atoms with Crippen LogP contribution in [0.1, 0.15) is 30.6 Å². The number of hydrogen-bond donors (Lipinski definition) is 5. The number of carbonyl (C=O) groups excluding carboxylic acids is 1. The van der Waals surface area contributed by atoms with Crippen molar-refractivity contribution >= 4 is 23.4 Å². The summed E-state index contributed by atoms with van der Waals surface area (Å²) >= 11 is 0. The van der Waals surface area contributed by atoms with Gasteiger partial charge in [0.25, 0.3) is 5.91 Å². The van der Waals surface area contributed by atoms with Gasteiger partial charge in [-0.15, -0.1) is 0 Å². The number of aliphatic imine (C=N–C) groups is 2. The zero-order valence-electron chi connectivity index (χ0n) is 27.3. The summed E-state index contributed by atoms with van der Waals surface area (Å²) in [5.74, 6) is 1.83. The Morgan fingerprint density at radius 1 is 0.804 bits per heavy atom. The fourth-order valence-corrected chi connectivity index (χ4v) is 3.69. The summed E-state index contributed by atoms with van der Waals surface area (Å²) in [6, 6.07) is 15.8. The van der Waals surface area contributed by atoms with Crippen LogP contribution in [0.5, 0.6) is 5.75 Å². The largest absolute Gasteiger partial charge is 0.508 e. The molecule has 0 saturated carbocycles. The fraction of sp³-hybridized carbons (Fsp3) is 0.485. The smallest absolute Gasteiger partial charge is 0.251 e. The van der Waals surface area contributed by atoms with E-state index >= 15 is 0 Å². The lowest BCUT2D eigenvalue weighted by Gasteiger charge is -2.15. The number of hydrogen-bond acceptors (Lipinski definition) is 10. The van der Waals surface area contributed by atoms with Crippen LogP contribution in [-0.2, 0) is 23.7 Å². The molecule has 0 aromatic heterocycles. The maximum Gasteiger partial charge on any atom is 0.251 e. The molecule has 0 bridgehead atoms. The number of allylic oxidation sites excluding steroid dienone is 1. The number of benzene rings is 2. The van der Waals surface area contributed by atoms with Gasteiger partial charge in [-0.1, -0.05) is 25.1 Å². The summed E-state index contributed by atoms with van der Waals surface area (Å²) in [7, 11) is 1.64. The standard InChI is InChI=1S/C33H50N6O7/c1-4-8-31(35-16-19-44-25-26-46-22-21-42-3)39-33(38-29-11-13-30(40)14-12-29)37-27(2)34-15-18-43-23-24-45-20-17-36-32(41)28-9-6-5-7-10-28/h5-14,35,40H,4,15-26H2,1-3H3,(H,36,41)(H2,34,37,38,39)/b31-8+. The summed E-state index contributed by atoms with van der Waals surface area (Å²) < 4.78 is 27.1. The van der Waals surface area contributed by atoms with Crippen molar-refractivity contribution in [3.8, 4) is 5.75 Å². The Hall–Kier alpha value is -4.01. The minimum atomic E-state index is -0.122. The molecule has 0 aliphatic heterocycles. The lowest BCUT2D eigenvalue weighted by molar-refractivity contribution is 0.0259. The number of anilines is 1. The number of guanidine groups is 1. The van der Waals surface area contributed by atoms with E-state index in [0.29, 0.717) is 102 Å². The van der Waals surface area contributed by atoms with E-state index in [0.717, 1.165) is 12.1 Å². The number of ether oxygens (including phenoxy) is 5. The molecule has 13 nitrogen and oxygen atoms in total. The maximum atomic E-state index is 12.0. The second kappa shape index (κ2) is 25.2. The molecular weight excluding hydrogens is 592 g/mol. The van der Waals surface area contributed by atoms with E-state index in [-0.39, 0.29) is 11.7 Å². The molecule has 1 amide bonds. The van der Waals surface area contributed by atoms with Crippen LogP contribution in [0.4, 0.5) is 5.69 Å². The van der Waals surface area contributed by atoms with Crippen LogP contribution in [0.15, 0.2) is 76.5 Å². The number of amidine groups is 1. The van der Waals surface area contributed by atoms with Crippen molar-refractivity contribution in [1.29, 1.82) is 0 Å². The van der Waals surface area contributed by atoms with Crippen molar-refractivity contribution in [3.05, 3.63) is 72.1 Å². The number of methoxy groups -OCH3 is 1. The van der Waals surface area contributed by atoms with E-state index in [4.69, 9.17) is 28.7 Å². The Bertz CT molecular complexity index is 1180. The van der Waals surface area contributed by atoms with Gasteiger partial charge in [0, 0.05) is 31.5 Å². The third-order valence-corrected chi connectivity index (χ3v) is 5.94. The van der Waals surface area contributed by atoms with Gasteiger partial charge in [-0.05, 0) is 55.8 Å². The zero-order valence-corrected chi connectivity index (χ0v) is 27.3. The number of rotatable bonds is 23. The minimum absolute atomic E-state index is 0.122. The average Bonchev–Trinajstić information content (AvgIpc) is 3.06. The first-order chi connectivity index (χ1) is 22.5. The molecule has 0 heterocycles. The molecule has 46 heavy (non-hydrogen) atoms. The molecule has 0 fully saturated rings. The summed E-state index contributed by atoms with van der Waals surface area (Å²) in [5, 5.41) is 22.3. The Morgan fingerprint density at radius 2 is 1.41 bits per heavy atom. The Kier molecular flexibility index (Phi) is 20.9. The number of phenolic OH excluding ortho intramolecular Hbond substituents is 1. The molecule has 0 aliphatic carbocycles. The molecule has 0 saturated heterocycles. The minimum Gasteiger partial charge on any atom is -0.508 e. The molecule has 0 aliphatic rings. The van der Waals surface area contributed by atoms with Crippen molar-refractivity contribution in [2.45, 2.75) is 20.3 Å². The molecule has 254 valence electrons. The number of carbonyl (C=O) groups is 1. The zero-order chi connectivity index (χ0) is 33.1. The van der Waals surface area contributed by atoms with Gasteiger partial charge in [0.15, 0.2) is 0 Å². The molecule has 13 heteroatoms. The SMILES string of the molecule is CC/C=C(/N=C(\NC(C)=NCCOCCOCCNC(=O)c1ccccc1)Nc1ccc(O)cc1)NCCOCCOCCOC. The van der Waals surface area contributed by atoms with Gasteiger partial charge in [-0.25, -0.2) is 0 Å². The van der Waals surface area contributed by atoms with Crippen molar-refractivity contribution in [2.75, 3.05) is 91.5 Å². The normalized spacial score (nSPS) is 12.2. The first-order valence-corrected chi connectivity index (χ1v) is 15.5. The van der Waals surface area contributed by atoms with Gasteiger partial charge < -0.3 is 50.1 Å². The van der Waals surface area contributed by atoms with Crippen molar-refractivity contribution < 1.29 is 33.6 Å². The first-order valence-electron chi connectivity index (χ1n) is 15.5. The third kappa shape index (κ3) is 18.7. The van der Waals surface area contributed by atoms with Gasteiger partial charge in [0.05, 0.1) is 71.8 Å². The van der Waals surface area contributed by atoms with Gasteiger partial charge in [0.2, 0.25) is 5.96 Å². The van der Waals surface area contributed by atoms with Crippen LogP contribution < -0.4 is 21.3 Å². The van der Waals surface area contributed by atoms with Crippen LogP contribution in [-0.4, -0.2) is 109 Å². The van der Waals surface area contributed by atoms with Gasteiger partial charge >= 0.3 is 0 Å². The van der Waals surface area contributed by atoms with Gasteiger partial charge in [0.1, 0.15) is 11.6 Å². The van der Waals surface area contributed by atoms with Crippen LogP contribution in [0, 0.1) is 0 Å². The Labute approximate surface area is 272 Å². The van der Waals surface area contributed by atoms with Crippen LogP contribution in [0.2, 0.25) is 0 Å². The summed E-state index contributed by atoms with van der Waals surface area (Å²) in [6.45, 7) is 9.60. The van der Waals surface area contributed by atoms with E-state index in [2.05, 4.69) is 26.3 Å². The van der Waals surface area contributed by atoms with Crippen molar-refractivity contribution in [1.82, 2.24) is 16.0 Å². The molecule has 2 aromatic carbocycles. The Morgan fingerprint density at radius 3 is 2.07 bits per heavy atom. The molecule has 0 spiro atoms. The van der Waals surface area contributed by atoms with E-state index in [1.807, 2.05) is 38.1 Å². The molecule has 5 N–H and O–H groups in total. The molecule has 0 radical (unpaired) electrons. The lowest BCUT2D eigenvalue weighted by atomic mass is 10.2. The highest BCUT2D eigenvalue weighted by Gasteiger charge is 2.06. The summed E-state index contributed by atoms with van der Waals surface area (Å²) in [5.41, 5.74) is 1.37. The van der Waals surface area contributed by atoms with E-state index < -0.39 is 0 Å². The Balaban J connectivity index is 1.75. The maximum absolute atomic E-state index is 12.0. The van der Waals surface area contributed by atoms with Crippen LogP contribution >= 0.6 is 0 Å². The van der Waals surface area contributed by atoms with E-state index in [1.54, 1.807) is 43.5 Å². The molecular formula is C33H50N6O7. The molecule has 2 aromatic rings. The number of amides is 1. The number of phenols is 1. The summed E-state index contributed by atoms with van der Waals surface area (Å²) in [6.07, 6.45) is 2.76. The van der Waals surface area contributed by atoms with Gasteiger partial charge in [-0.2, -0.15) is 4.99 Å². The van der Waals surface area contributed by atoms with Crippen molar-refractivity contribution in [2.24, 2.45) is 9.98 Å². The molecule has 0 atom stereocenters. The van der Waals surface area contributed by atoms with Crippen molar-refractivity contribution in [3.63, 3.8) is 0 Å². The molecule has 0 unspecified atom stereocenters. The number of nitrogens with zero attached hydrogens (tertiary/aromatic N) is 2. The average molecular weight is 643 g/mol. The highest BCUT2D eigenvalue weighted by Crippen LogP contribution is 2.13. The number of aromatic hydroxyl groups is 1. The van der Waals surface area contributed by atoms with E-state index in [9.17, 15) is 9.90 Å².